The molecule has 4 aromatic carbocycles. The Hall–Kier alpha value is -5.57. The summed E-state index contributed by atoms with van der Waals surface area (Å²) in [5.41, 5.74) is 5.44. The number of hydrogen-bond acceptors (Lipinski definition) is 7. The van der Waals surface area contributed by atoms with Crippen molar-refractivity contribution in [3.8, 4) is 0 Å². The van der Waals surface area contributed by atoms with E-state index in [9.17, 15) is 24.0 Å². The van der Waals surface area contributed by atoms with Crippen molar-refractivity contribution in [1.29, 1.82) is 0 Å². The van der Waals surface area contributed by atoms with Gasteiger partial charge in [-0.2, -0.15) is 0 Å². The molecule has 1 N–H and O–H groups in total. The first-order valence-corrected chi connectivity index (χ1v) is 14.2. The van der Waals surface area contributed by atoms with Crippen LogP contribution in [0.25, 0.3) is 0 Å². The molecule has 44 heavy (non-hydrogen) atoms. The van der Waals surface area contributed by atoms with E-state index in [-0.39, 0.29) is 34.9 Å². The van der Waals surface area contributed by atoms with Crippen LogP contribution >= 0.6 is 0 Å². The summed E-state index contributed by atoms with van der Waals surface area (Å²) in [5, 5.41) is 2.59. The van der Waals surface area contributed by atoms with E-state index in [4.69, 9.17) is 4.74 Å². The Morgan fingerprint density at radius 2 is 1.23 bits per heavy atom. The molecule has 0 saturated carbocycles. The fourth-order valence-corrected chi connectivity index (χ4v) is 6.92. The molecular formula is C35H26N2O7. The van der Waals surface area contributed by atoms with E-state index in [1.807, 2.05) is 48.5 Å². The van der Waals surface area contributed by atoms with Crippen molar-refractivity contribution in [2.75, 3.05) is 23.9 Å². The number of benzene rings is 4. The lowest BCUT2D eigenvalue weighted by Gasteiger charge is -2.45. The maximum Gasteiger partial charge on any atom is 0.338 e. The van der Waals surface area contributed by atoms with Crippen LogP contribution in [0, 0.1) is 11.8 Å². The molecule has 0 radical (unpaired) electrons. The average molecular weight is 587 g/mol. The van der Waals surface area contributed by atoms with Crippen molar-refractivity contribution in [3.63, 3.8) is 0 Å². The summed E-state index contributed by atoms with van der Waals surface area (Å²) in [6.45, 7) is -0.562. The zero-order valence-electron chi connectivity index (χ0n) is 23.6. The van der Waals surface area contributed by atoms with Crippen LogP contribution in [0.1, 0.15) is 54.8 Å². The summed E-state index contributed by atoms with van der Waals surface area (Å²) in [6.07, 6.45) is 0. The number of esters is 2. The van der Waals surface area contributed by atoms with E-state index in [0.29, 0.717) is 11.3 Å². The Labute approximate surface area is 252 Å². The van der Waals surface area contributed by atoms with Gasteiger partial charge in [0.15, 0.2) is 6.61 Å². The lowest BCUT2D eigenvalue weighted by molar-refractivity contribution is -0.122. The van der Waals surface area contributed by atoms with Gasteiger partial charge in [0.05, 0.1) is 35.8 Å². The first-order valence-electron chi connectivity index (χ1n) is 14.2. The molecule has 2 bridgehead atoms. The number of carbonyl (C=O) groups is 5. The minimum atomic E-state index is -0.778. The molecule has 218 valence electrons. The third-order valence-corrected chi connectivity index (χ3v) is 8.71. The Morgan fingerprint density at radius 1 is 0.682 bits per heavy atom. The number of imide groups is 1. The summed E-state index contributed by atoms with van der Waals surface area (Å²) in [5.74, 6) is -3.99. The second-order valence-corrected chi connectivity index (χ2v) is 11.0. The maximum absolute atomic E-state index is 14.0. The number of anilines is 2. The third-order valence-electron chi connectivity index (χ3n) is 8.71. The first-order chi connectivity index (χ1) is 21.4. The quantitative estimate of drug-likeness (QED) is 0.258. The van der Waals surface area contributed by atoms with Gasteiger partial charge in [-0.05, 0) is 64.7 Å². The number of carbonyl (C=O) groups excluding carboxylic acids is 5. The molecule has 2 atom stereocenters. The van der Waals surface area contributed by atoms with Gasteiger partial charge in [-0.15, -0.1) is 0 Å². The Bertz CT molecular complexity index is 1750. The number of ether oxygens (including phenoxy) is 2. The topological polar surface area (TPSA) is 119 Å². The average Bonchev–Trinajstić information content (AvgIpc) is 3.33. The SMILES string of the molecule is COC(=O)c1ccc(NC(=O)COC(=O)c2cccc(N3C(=O)[C@H]4C5c6ccccc6C(c6ccccc65)[C@@H]4C3=O)c2)cc1. The van der Waals surface area contributed by atoms with Crippen molar-refractivity contribution in [1.82, 2.24) is 0 Å². The van der Waals surface area contributed by atoms with Crippen molar-refractivity contribution >= 4 is 41.0 Å². The van der Waals surface area contributed by atoms with Crippen molar-refractivity contribution < 1.29 is 33.4 Å². The predicted octanol–water partition coefficient (Wildman–Crippen LogP) is 4.67. The normalized spacial score (nSPS) is 20.8. The zero-order chi connectivity index (χ0) is 30.5. The van der Waals surface area contributed by atoms with Gasteiger partial charge in [-0.1, -0.05) is 54.6 Å². The summed E-state index contributed by atoms with van der Waals surface area (Å²) in [4.78, 5) is 66.1. The van der Waals surface area contributed by atoms with Crippen LogP contribution in [0.5, 0.6) is 0 Å². The molecule has 0 aromatic heterocycles. The Morgan fingerprint density at radius 3 is 1.75 bits per heavy atom. The summed E-state index contributed by atoms with van der Waals surface area (Å²) < 4.78 is 9.88. The predicted molar refractivity (Wildman–Crippen MR) is 159 cm³/mol. The van der Waals surface area contributed by atoms with E-state index < -0.39 is 36.3 Å². The molecular weight excluding hydrogens is 560 g/mol. The molecule has 0 unspecified atom stereocenters. The fourth-order valence-electron chi connectivity index (χ4n) is 6.92. The molecule has 1 fully saturated rings. The van der Waals surface area contributed by atoms with Gasteiger partial charge in [0.2, 0.25) is 11.8 Å². The summed E-state index contributed by atoms with van der Waals surface area (Å²) in [6, 6.07) is 28.2. The molecule has 8 rings (SSSR count). The van der Waals surface area contributed by atoms with Gasteiger partial charge in [-0.25, -0.2) is 14.5 Å². The molecule has 1 aliphatic heterocycles. The number of methoxy groups -OCH3 is 1. The summed E-state index contributed by atoms with van der Waals surface area (Å²) in [7, 11) is 1.27. The minimum absolute atomic E-state index is 0.0998. The van der Waals surface area contributed by atoms with E-state index >= 15 is 0 Å². The minimum Gasteiger partial charge on any atom is -0.465 e. The molecule has 0 spiro atoms. The molecule has 1 heterocycles. The Balaban J connectivity index is 1.08. The fraction of sp³-hybridized carbons (Fsp3) is 0.171. The van der Waals surface area contributed by atoms with Crippen LogP contribution < -0.4 is 10.2 Å². The highest BCUT2D eigenvalue weighted by molar-refractivity contribution is 6.23. The lowest BCUT2D eigenvalue weighted by Crippen LogP contribution is -2.41. The molecule has 3 aliphatic carbocycles. The second kappa shape index (κ2) is 10.6. The van der Waals surface area contributed by atoms with E-state index in [1.54, 1.807) is 12.1 Å². The highest BCUT2D eigenvalue weighted by Gasteiger charge is 2.61. The molecule has 4 aliphatic rings. The number of rotatable bonds is 6. The highest BCUT2D eigenvalue weighted by atomic mass is 16.5. The monoisotopic (exact) mass is 586 g/mol. The van der Waals surface area contributed by atoms with Gasteiger partial charge < -0.3 is 14.8 Å². The van der Waals surface area contributed by atoms with Crippen molar-refractivity contribution in [2.45, 2.75) is 11.8 Å². The maximum atomic E-state index is 14.0. The van der Waals surface area contributed by atoms with Gasteiger partial charge in [0.25, 0.3) is 5.91 Å². The standard InChI is InChI=1S/C35H26N2O7/c1-43-34(41)19-13-15-21(16-14-19)36-27(38)18-44-35(42)20-7-6-8-22(17-20)37-32(39)30-28-23-9-2-3-10-24(23)29(31(30)33(37)40)26-12-5-4-11-25(26)28/h2-17,28-31H,18H2,1H3,(H,36,38)/t28?,29?,30-,31-/m0/s1. The molecule has 9 heteroatoms. The van der Waals surface area contributed by atoms with Crippen molar-refractivity contribution in [3.05, 3.63) is 130 Å². The van der Waals surface area contributed by atoms with E-state index in [0.717, 1.165) is 22.3 Å². The van der Waals surface area contributed by atoms with Gasteiger partial charge in [-0.3, -0.25) is 14.4 Å². The van der Waals surface area contributed by atoms with Gasteiger partial charge in [0, 0.05) is 17.5 Å². The highest BCUT2D eigenvalue weighted by Crippen LogP contribution is 2.61. The number of nitrogens with zero attached hydrogens (tertiary/aromatic N) is 1. The van der Waals surface area contributed by atoms with Crippen LogP contribution in [0.2, 0.25) is 0 Å². The number of nitrogens with one attached hydrogen (secondary N) is 1. The van der Waals surface area contributed by atoms with Gasteiger partial charge in [0.1, 0.15) is 0 Å². The molecule has 3 amide bonds. The lowest BCUT2D eigenvalue weighted by atomic mass is 9.55. The number of hydrogen-bond donors (Lipinski definition) is 1. The van der Waals surface area contributed by atoms with Crippen LogP contribution in [-0.2, 0) is 23.9 Å². The van der Waals surface area contributed by atoms with Crippen LogP contribution in [-0.4, -0.2) is 43.4 Å². The number of amides is 3. The van der Waals surface area contributed by atoms with Crippen LogP contribution in [0.3, 0.4) is 0 Å². The molecule has 4 aromatic rings. The Kier molecular flexibility index (Phi) is 6.58. The van der Waals surface area contributed by atoms with Crippen LogP contribution in [0.15, 0.2) is 97.1 Å². The third kappa shape index (κ3) is 4.27. The summed E-state index contributed by atoms with van der Waals surface area (Å²) >= 11 is 0. The smallest absolute Gasteiger partial charge is 0.338 e. The largest absolute Gasteiger partial charge is 0.465 e. The van der Waals surface area contributed by atoms with E-state index in [1.165, 1.54) is 48.4 Å². The molecule has 1 saturated heterocycles. The van der Waals surface area contributed by atoms with Crippen LogP contribution in [0.4, 0.5) is 11.4 Å². The first kappa shape index (κ1) is 27.3. The zero-order valence-corrected chi connectivity index (χ0v) is 23.6. The van der Waals surface area contributed by atoms with Gasteiger partial charge >= 0.3 is 11.9 Å². The molecule has 9 nitrogen and oxygen atoms in total. The van der Waals surface area contributed by atoms with E-state index in [2.05, 4.69) is 10.1 Å². The van der Waals surface area contributed by atoms with Crippen molar-refractivity contribution in [2.24, 2.45) is 11.8 Å². The second-order valence-electron chi connectivity index (χ2n) is 11.0.